The van der Waals surface area contributed by atoms with Crippen LogP contribution in [0.4, 0.5) is 5.69 Å². The van der Waals surface area contributed by atoms with E-state index in [2.05, 4.69) is 15.5 Å². The molecule has 0 unspecified atom stereocenters. The lowest BCUT2D eigenvalue weighted by atomic mass is 10.2. The molecule has 31 heavy (non-hydrogen) atoms. The standard InChI is InChI=1S/C21H16N4O6/c1-30-19-12-14(2-7-18(19)31-21(27)16-8-10-22-11-9-16)13-23-24-20(26)15-3-5-17(6-4-15)25(28)29/h2-13H,1H3,(H,24,26)/b23-13+. The number of amides is 1. The summed E-state index contributed by atoms with van der Waals surface area (Å²) in [7, 11) is 1.43. The molecule has 2 aromatic carbocycles. The molecule has 10 nitrogen and oxygen atoms in total. The van der Waals surface area contributed by atoms with E-state index < -0.39 is 16.8 Å². The Hall–Kier alpha value is -4.60. The number of methoxy groups -OCH3 is 1. The average Bonchev–Trinajstić information content (AvgIpc) is 2.80. The Morgan fingerprint density at radius 3 is 2.39 bits per heavy atom. The molecule has 0 saturated heterocycles. The van der Waals surface area contributed by atoms with Gasteiger partial charge in [0.1, 0.15) is 0 Å². The first-order valence-electron chi connectivity index (χ1n) is 8.86. The second kappa shape index (κ2) is 9.74. The van der Waals surface area contributed by atoms with Gasteiger partial charge in [0.15, 0.2) is 11.5 Å². The molecule has 0 spiro atoms. The zero-order chi connectivity index (χ0) is 22.2. The highest BCUT2D eigenvalue weighted by molar-refractivity contribution is 5.95. The van der Waals surface area contributed by atoms with Gasteiger partial charge in [-0.15, -0.1) is 0 Å². The van der Waals surface area contributed by atoms with Crippen LogP contribution in [-0.4, -0.2) is 35.1 Å². The van der Waals surface area contributed by atoms with Crippen LogP contribution >= 0.6 is 0 Å². The summed E-state index contributed by atoms with van der Waals surface area (Å²) in [5.41, 5.74) is 3.36. The van der Waals surface area contributed by atoms with Crippen molar-refractivity contribution in [2.75, 3.05) is 7.11 Å². The molecule has 0 saturated carbocycles. The molecule has 0 aliphatic carbocycles. The third-order valence-corrected chi connectivity index (χ3v) is 4.03. The number of carbonyl (C=O) groups excluding carboxylic acids is 2. The summed E-state index contributed by atoms with van der Waals surface area (Å²) < 4.78 is 10.6. The number of hydrogen-bond acceptors (Lipinski definition) is 8. The highest BCUT2D eigenvalue weighted by Gasteiger charge is 2.13. The Balaban J connectivity index is 1.65. The maximum atomic E-state index is 12.2. The predicted octanol–water partition coefficient (Wildman–Crippen LogP) is 2.98. The highest BCUT2D eigenvalue weighted by Crippen LogP contribution is 2.28. The van der Waals surface area contributed by atoms with Gasteiger partial charge in [-0.1, -0.05) is 0 Å². The van der Waals surface area contributed by atoms with Gasteiger partial charge in [-0.05, 0) is 48.0 Å². The van der Waals surface area contributed by atoms with Crippen molar-refractivity contribution in [2.24, 2.45) is 5.10 Å². The summed E-state index contributed by atoms with van der Waals surface area (Å²) in [6.45, 7) is 0. The number of nitro groups is 1. The second-order valence-electron chi connectivity index (χ2n) is 6.04. The molecule has 0 atom stereocenters. The van der Waals surface area contributed by atoms with Crippen LogP contribution in [0.2, 0.25) is 0 Å². The van der Waals surface area contributed by atoms with E-state index in [0.717, 1.165) is 0 Å². The summed E-state index contributed by atoms with van der Waals surface area (Å²) in [4.78, 5) is 38.2. The number of rotatable bonds is 7. The zero-order valence-electron chi connectivity index (χ0n) is 16.2. The van der Waals surface area contributed by atoms with Crippen molar-refractivity contribution in [3.63, 3.8) is 0 Å². The third-order valence-electron chi connectivity index (χ3n) is 4.03. The van der Waals surface area contributed by atoms with Gasteiger partial charge in [0.05, 0.1) is 23.8 Å². The molecule has 156 valence electrons. The van der Waals surface area contributed by atoms with Gasteiger partial charge in [-0.3, -0.25) is 19.9 Å². The van der Waals surface area contributed by atoms with Crippen LogP contribution < -0.4 is 14.9 Å². The molecule has 0 radical (unpaired) electrons. The number of non-ortho nitro benzene ring substituents is 1. The molecule has 0 fully saturated rings. The van der Waals surface area contributed by atoms with E-state index in [4.69, 9.17) is 9.47 Å². The zero-order valence-corrected chi connectivity index (χ0v) is 16.2. The first-order valence-corrected chi connectivity index (χ1v) is 8.86. The van der Waals surface area contributed by atoms with Crippen molar-refractivity contribution in [1.29, 1.82) is 0 Å². The van der Waals surface area contributed by atoms with Crippen LogP contribution in [0.25, 0.3) is 0 Å². The lowest BCUT2D eigenvalue weighted by Crippen LogP contribution is -2.17. The molecule has 0 aliphatic rings. The summed E-state index contributed by atoms with van der Waals surface area (Å²) in [6.07, 6.45) is 4.34. The SMILES string of the molecule is COc1cc(/C=N/NC(=O)c2ccc([N+](=O)[O-])cc2)ccc1OC(=O)c1ccncc1. The van der Waals surface area contributed by atoms with Gasteiger partial charge in [-0.2, -0.15) is 5.10 Å². The topological polar surface area (TPSA) is 133 Å². The van der Waals surface area contributed by atoms with E-state index >= 15 is 0 Å². The highest BCUT2D eigenvalue weighted by atomic mass is 16.6. The third kappa shape index (κ3) is 5.48. The predicted molar refractivity (Wildman–Crippen MR) is 110 cm³/mol. The number of esters is 1. The number of benzene rings is 2. The van der Waals surface area contributed by atoms with Gasteiger partial charge in [0.2, 0.25) is 0 Å². The molecule has 1 heterocycles. The molecule has 1 aromatic heterocycles. The summed E-state index contributed by atoms with van der Waals surface area (Å²) in [6, 6.07) is 12.9. The fourth-order valence-electron chi connectivity index (χ4n) is 2.46. The quantitative estimate of drug-likeness (QED) is 0.204. The van der Waals surface area contributed by atoms with Crippen molar-refractivity contribution in [1.82, 2.24) is 10.4 Å². The lowest BCUT2D eigenvalue weighted by Gasteiger charge is -2.09. The van der Waals surface area contributed by atoms with Crippen LogP contribution in [0.5, 0.6) is 11.5 Å². The van der Waals surface area contributed by atoms with Crippen molar-refractivity contribution in [3.05, 3.63) is 93.8 Å². The van der Waals surface area contributed by atoms with Gasteiger partial charge >= 0.3 is 5.97 Å². The minimum atomic E-state index is -0.558. The lowest BCUT2D eigenvalue weighted by molar-refractivity contribution is -0.384. The van der Waals surface area contributed by atoms with Gasteiger partial charge in [-0.25, -0.2) is 10.2 Å². The molecular formula is C21H16N4O6. The Labute approximate surface area is 176 Å². The van der Waals surface area contributed by atoms with E-state index in [0.29, 0.717) is 16.9 Å². The maximum Gasteiger partial charge on any atom is 0.343 e. The minimum Gasteiger partial charge on any atom is -0.493 e. The molecule has 3 aromatic rings. The van der Waals surface area contributed by atoms with Crippen LogP contribution in [0.1, 0.15) is 26.3 Å². The Kier molecular flexibility index (Phi) is 6.64. The van der Waals surface area contributed by atoms with Crippen molar-refractivity contribution in [3.8, 4) is 11.5 Å². The van der Waals surface area contributed by atoms with Crippen molar-refractivity contribution < 1.29 is 24.0 Å². The Morgan fingerprint density at radius 2 is 1.74 bits per heavy atom. The normalized spacial score (nSPS) is 10.5. The smallest absolute Gasteiger partial charge is 0.343 e. The van der Waals surface area contributed by atoms with E-state index in [1.165, 1.54) is 68.2 Å². The number of nitrogens with zero attached hydrogens (tertiary/aromatic N) is 3. The fraction of sp³-hybridized carbons (Fsp3) is 0.0476. The number of aromatic nitrogens is 1. The largest absolute Gasteiger partial charge is 0.493 e. The number of hydrazone groups is 1. The Morgan fingerprint density at radius 1 is 1.03 bits per heavy atom. The summed E-state index contributed by atoms with van der Waals surface area (Å²) in [5, 5.41) is 14.5. The number of hydrogen-bond donors (Lipinski definition) is 1. The van der Waals surface area contributed by atoms with Gasteiger partial charge < -0.3 is 9.47 Å². The number of nitro benzene ring substituents is 1. The first-order chi connectivity index (χ1) is 15.0. The van der Waals surface area contributed by atoms with Crippen LogP contribution in [0.3, 0.4) is 0 Å². The molecule has 0 bridgehead atoms. The number of ether oxygens (including phenoxy) is 2. The molecule has 1 N–H and O–H groups in total. The summed E-state index contributed by atoms with van der Waals surface area (Å²) in [5.74, 6) is -0.567. The first kappa shape index (κ1) is 21.1. The van der Waals surface area contributed by atoms with E-state index in [9.17, 15) is 19.7 Å². The van der Waals surface area contributed by atoms with E-state index in [1.807, 2.05) is 0 Å². The molecule has 0 aliphatic heterocycles. The maximum absolute atomic E-state index is 12.2. The number of nitrogens with one attached hydrogen (secondary N) is 1. The summed E-state index contributed by atoms with van der Waals surface area (Å²) >= 11 is 0. The van der Waals surface area contributed by atoms with Crippen LogP contribution in [0.15, 0.2) is 72.1 Å². The Bertz CT molecular complexity index is 1130. The number of carbonyl (C=O) groups is 2. The molecule has 10 heteroatoms. The minimum absolute atomic E-state index is 0.114. The fourth-order valence-corrected chi connectivity index (χ4v) is 2.46. The van der Waals surface area contributed by atoms with E-state index in [-0.39, 0.29) is 17.0 Å². The van der Waals surface area contributed by atoms with Gasteiger partial charge in [0.25, 0.3) is 11.6 Å². The van der Waals surface area contributed by atoms with Crippen LogP contribution in [-0.2, 0) is 0 Å². The molecule has 1 amide bonds. The van der Waals surface area contributed by atoms with Crippen molar-refractivity contribution >= 4 is 23.8 Å². The monoisotopic (exact) mass is 420 g/mol. The van der Waals surface area contributed by atoms with Crippen molar-refractivity contribution in [2.45, 2.75) is 0 Å². The molecular weight excluding hydrogens is 404 g/mol. The van der Waals surface area contributed by atoms with E-state index in [1.54, 1.807) is 12.1 Å². The number of pyridine rings is 1. The van der Waals surface area contributed by atoms with Crippen LogP contribution in [0, 0.1) is 10.1 Å². The second-order valence-corrected chi connectivity index (χ2v) is 6.04. The average molecular weight is 420 g/mol. The van der Waals surface area contributed by atoms with Gasteiger partial charge in [0, 0.05) is 30.1 Å². The molecule has 3 rings (SSSR count).